The fraction of sp³-hybridized carbons (Fsp3) is 1.00. The largest absolute Gasteiger partial charge is 0.391 e. The van der Waals surface area contributed by atoms with Crippen LogP contribution in [0.25, 0.3) is 0 Å². The lowest BCUT2D eigenvalue weighted by atomic mass is 9.91. The molecule has 0 radical (unpaired) electrons. The Labute approximate surface area is 122 Å². The maximum absolute atomic E-state index is 10.4. The van der Waals surface area contributed by atoms with Gasteiger partial charge in [0.25, 0.3) is 0 Å². The van der Waals surface area contributed by atoms with Gasteiger partial charge in [0, 0.05) is 18.6 Å². The number of hydrogen-bond acceptors (Lipinski definition) is 3. The third-order valence-electron chi connectivity index (χ3n) is 6.67. The molecule has 4 aliphatic rings. The summed E-state index contributed by atoms with van der Waals surface area (Å²) in [4.78, 5) is 2.60. The third kappa shape index (κ3) is 2.05. The maximum atomic E-state index is 10.4. The number of rotatable bonds is 2. The highest BCUT2D eigenvalue weighted by Gasteiger charge is 2.51. The van der Waals surface area contributed by atoms with Crippen molar-refractivity contribution >= 4 is 0 Å². The lowest BCUT2D eigenvalue weighted by Gasteiger charge is -2.39. The first-order valence-electron chi connectivity index (χ1n) is 8.84. The number of aliphatic hydroxyl groups is 1. The average Bonchev–Trinajstić information content (AvgIpc) is 3.20. The molecule has 3 heteroatoms. The zero-order chi connectivity index (χ0) is 13.6. The van der Waals surface area contributed by atoms with Crippen LogP contribution in [-0.2, 0) is 4.74 Å². The second-order valence-corrected chi connectivity index (χ2v) is 7.73. The summed E-state index contributed by atoms with van der Waals surface area (Å²) in [6.07, 6.45) is 14.1. The molecule has 0 amide bonds. The summed E-state index contributed by atoms with van der Waals surface area (Å²) in [5.74, 6) is 0. The Hall–Kier alpha value is -0.120. The second-order valence-electron chi connectivity index (χ2n) is 7.73. The van der Waals surface area contributed by atoms with E-state index in [4.69, 9.17) is 4.74 Å². The summed E-state index contributed by atoms with van der Waals surface area (Å²) in [5.41, 5.74) is 0.376. The highest BCUT2D eigenvalue weighted by Crippen LogP contribution is 2.46. The normalized spacial score (nSPS) is 39.5. The van der Waals surface area contributed by atoms with Crippen LogP contribution in [0.4, 0.5) is 0 Å². The van der Waals surface area contributed by atoms with Gasteiger partial charge >= 0.3 is 0 Å². The van der Waals surface area contributed by atoms with Crippen molar-refractivity contribution in [2.45, 2.75) is 94.0 Å². The number of likely N-dealkylation sites (tertiary alicyclic amines) is 1. The fourth-order valence-corrected chi connectivity index (χ4v) is 5.55. The molecule has 0 bridgehead atoms. The van der Waals surface area contributed by atoms with Crippen molar-refractivity contribution in [1.82, 2.24) is 4.90 Å². The SMILES string of the molecule is OC1CCN(CC2CCC3(CCCC3)O2)C12CCCC2. The van der Waals surface area contributed by atoms with Gasteiger partial charge in [0.2, 0.25) is 0 Å². The first kappa shape index (κ1) is 13.5. The van der Waals surface area contributed by atoms with Gasteiger partial charge in [-0.1, -0.05) is 25.7 Å². The number of nitrogens with zero attached hydrogens (tertiary/aromatic N) is 1. The first-order valence-corrected chi connectivity index (χ1v) is 8.84. The van der Waals surface area contributed by atoms with Crippen LogP contribution in [0, 0.1) is 0 Å². The molecule has 2 spiro atoms. The summed E-state index contributed by atoms with van der Waals surface area (Å²) < 4.78 is 6.49. The van der Waals surface area contributed by atoms with Gasteiger partial charge in [0.15, 0.2) is 0 Å². The molecular weight excluding hydrogens is 250 g/mol. The molecule has 4 rings (SSSR count). The van der Waals surface area contributed by atoms with Gasteiger partial charge in [-0.15, -0.1) is 0 Å². The monoisotopic (exact) mass is 279 g/mol. The van der Waals surface area contributed by atoms with Crippen molar-refractivity contribution in [3.05, 3.63) is 0 Å². The maximum Gasteiger partial charge on any atom is 0.0736 e. The molecule has 20 heavy (non-hydrogen) atoms. The summed E-state index contributed by atoms with van der Waals surface area (Å²) >= 11 is 0. The van der Waals surface area contributed by atoms with Gasteiger partial charge < -0.3 is 9.84 Å². The van der Waals surface area contributed by atoms with Crippen LogP contribution in [0.2, 0.25) is 0 Å². The zero-order valence-corrected chi connectivity index (χ0v) is 12.6. The van der Waals surface area contributed by atoms with Gasteiger partial charge in [-0.2, -0.15) is 0 Å². The van der Waals surface area contributed by atoms with Crippen LogP contribution in [0.3, 0.4) is 0 Å². The van der Waals surface area contributed by atoms with Crippen LogP contribution >= 0.6 is 0 Å². The standard InChI is InChI=1S/C17H29NO2/c19-15-6-12-18(17(15)9-3-4-10-17)13-14-5-11-16(20-14)7-1-2-8-16/h14-15,19H,1-13H2. The molecule has 2 saturated heterocycles. The highest BCUT2D eigenvalue weighted by molar-refractivity contribution is 5.06. The van der Waals surface area contributed by atoms with Crippen molar-refractivity contribution in [3.8, 4) is 0 Å². The quantitative estimate of drug-likeness (QED) is 0.843. The molecule has 0 aromatic rings. The first-order chi connectivity index (χ1) is 9.73. The molecule has 2 heterocycles. The van der Waals surface area contributed by atoms with Crippen molar-refractivity contribution < 1.29 is 9.84 Å². The van der Waals surface area contributed by atoms with E-state index in [0.29, 0.717) is 6.10 Å². The zero-order valence-electron chi connectivity index (χ0n) is 12.6. The average molecular weight is 279 g/mol. The predicted octanol–water partition coefficient (Wildman–Crippen LogP) is 2.86. The van der Waals surface area contributed by atoms with Crippen LogP contribution in [-0.4, -0.2) is 46.4 Å². The molecule has 0 aromatic carbocycles. The number of hydrogen-bond donors (Lipinski definition) is 1. The Kier molecular flexibility index (Phi) is 3.36. The Balaban J connectivity index is 1.42. The van der Waals surface area contributed by atoms with Crippen LogP contribution in [0.1, 0.15) is 70.6 Å². The Morgan fingerprint density at radius 2 is 1.65 bits per heavy atom. The van der Waals surface area contributed by atoms with E-state index in [1.807, 2.05) is 0 Å². The number of ether oxygens (including phenoxy) is 1. The van der Waals surface area contributed by atoms with Crippen LogP contribution in [0.5, 0.6) is 0 Å². The van der Waals surface area contributed by atoms with E-state index in [1.165, 1.54) is 64.2 Å². The molecule has 3 nitrogen and oxygen atoms in total. The molecule has 4 fully saturated rings. The highest BCUT2D eigenvalue weighted by atomic mass is 16.5. The van der Waals surface area contributed by atoms with E-state index < -0.39 is 0 Å². The van der Waals surface area contributed by atoms with Crippen LogP contribution < -0.4 is 0 Å². The van der Waals surface area contributed by atoms with E-state index in [0.717, 1.165) is 19.5 Å². The summed E-state index contributed by atoms with van der Waals surface area (Å²) in [6.45, 7) is 2.15. The molecular formula is C17H29NO2. The molecule has 2 unspecified atom stereocenters. The van der Waals surface area contributed by atoms with E-state index >= 15 is 0 Å². The summed E-state index contributed by atoms with van der Waals surface area (Å²) in [5, 5.41) is 10.4. The van der Waals surface area contributed by atoms with Gasteiger partial charge in [0.05, 0.1) is 17.8 Å². The van der Waals surface area contributed by atoms with Gasteiger partial charge in [-0.25, -0.2) is 0 Å². The van der Waals surface area contributed by atoms with Crippen molar-refractivity contribution in [3.63, 3.8) is 0 Å². The molecule has 2 aliphatic heterocycles. The Morgan fingerprint density at radius 1 is 0.950 bits per heavy atom. The third-order valence-corrected chi connectivity index (χ3v) is 6.67. The van der Waals surface area contributed by atoms with E-state index in [-0.39, 0.29) is 17.2 Å². The molecule has 2 saturated carbocycles. The molecule has 2 aliphatic carbocycles. The molecule has 114 valence electrons. The minimum Gasteiger partial charge on any atom is -0.391 e. The summed E-state index contributed by atoms with van der Waals surface area (Å²) in [7, 11) is 0. The van der Waals surface area contributed by atoms with Gasteiger partial charge in [0.1, 0.15) is 0 Å². The van der Waals surface area contributed by atoms with Crippen molar-refractivity contribution in [2.24, 2.45) is 0 Å². The van der Waals surface area contributed by atoms with E-state index in [9.17, 15) is 5.11 Å². The minimum absolute atomic E-state index is 0.0909. The molecule has 0 aromatic heterocycles. The molecule has 1 N–H and O–H groups in total. The predicted molar refractivity (Wildman–Crippen MR) is 78.7 cm³/mol. The Morgan fingerprint density at radius 3 is 2.40 bits per heavy atom. The Bertz CT molecular complexity index is 358. The number of aliphatic hydroxyl groups excluding tert-OH is 1. The van der Waals surface area contributed by atoms with Gasteiger partial charge in [-0.3, -0.25) is 4.90 Å². The fourth-order valence-electron chi connectivity index (χ4n) is 5.55. The van der Waals surface area contributed by atoms with Crippen LogP contribution in [0.15, 0.2) is 0 Å². The van der Waals surface area contributed by atoms with Gasteiger partial charge in [-0.05, 0) is 44.9 Å². The smallest absolute Gasteiger partial charge is 0.0736 e. The van der Waals surface area contributed by atoms with E-state index in [1.54, 1.807) is 0 Å². The topological polar surface area (TPSA) is 32.7 Å². The summed E-state index contributed by atoms with van der Waals surface area (Å²) in [6, 6.07) is 0. The van der Waals surface area contributed by atoms with Crippen molar-refractivity contribution in [1.29, 1.82) is 0 Å². The minimum atomic E-state index is -0.0909. The van der Waals surface area contributed by atoms with Crippen molar-refractivity contribution in [2.75, 3.05) is 13.1 Å². The molecule has 2 atom stereocenters. The lowest BCUT2D eigenvalue weighted by molar-refractivity contribution is -0.0619. The lowest BCUT2D eigenvalue weighted by Crippen LogP contribution is -2.50. The second kappa shape index (κ2) is 4.96. The van der Waals surface area contributed by atoms with E-state index in [2.05, 4.69) is 4.90 Å².